The van der Waals surface area contributed by atoms with Crippen LogP contribution in [-0.2, 0) is 9.59 Å². The Balaban J connectivity index is 2.54. The Bertz CT molecular complexity index is 365. The fraction of sp³-hybridized carbons (Fsp3) is 0.538. The molecule has 1 aliphatic rings. The van der Waals surface area contributed by atoms with Crippen LogP contribution in [0.2, 0.25) is 23.3 Å². The zero-order chi connectivity index (χ0) is 14.5. The second-order valence-corrected chi connectivity index (χ2v) is 24.3. The number of hydrogen-bond donors (Lipinski definition) is 0. The Labute approximate surface area is 137 Å². The molecule has 0 aromatic carbocycles. The van der Waals surface area contributed by atoms with Crippen molar-refractivity contribution in [2.75, 3.05) is 0 Å². The molecule has 0 amide bonds. The standard InChI is InChI=1S/C13H20O2Se4/c1-10(2)12(14)17-8-19(6-5-16-7-19)9-18-13(15)11(3)4/h1,3,5-9H2,2,4H3. The van der Waals surface area contributed by atoms with Crippen molar-refractivity contribution in [2.45, 2.75) is 37.1 Å². The number of hydrogen-bond acceptors (Lipinski definition) is 2. The average molecular weight is 524 g/mol. The van der Waals surface area contributed by atoms with Gasteiger partial charge >= 0.3 is 138 Å². The Hall–Kier alpha value is 0.898. The van der Waals surface area contributed by atoms with Gasteiger partial charge in [-0.05, 0) is 0 Å². The third-order valence-corrected chi connectivity index (χ3v) is 34.5. The average Bonchev–Trinajstić information content (AvgIpc) is 2.82. The van der Waals surface area contributed by atoms with Crippen LogP contribution in [0.5, 0.6) is 0 Å². The van der Waals surface area contributed by atoms with E-state index in [2.05, 4.69) is 13.2 Å². The molecular weight excluding hydrogens is 504 g/mol. The molecule has 0 N–H and O–H groups in total. The van der Waals surface area contributed by atoms with Crippen LogP contribution >= 0.6 is 0 Å². The van der Waals surface area contributed by atoms with Crippen LogP contribution in [0, 0.1) is 0 Å². The molecule has 0 radical (unpaired) electrons. The van der Waals surface area contributed by atoms with Gasteiger partial charge in [0.15, 0.2) is 0 Å². The van der Waals surface area contributed by atoms with Crippen molar-refractivity contribution in [2.24, 2.45) is 0 Å². The molecule has 6 heteroatoms. The SMILES string of the molecule is C=C(C)C(=O)[Se]C[Se]1(C[Se]C(=O)C(=C)C)CC[Se]C1. The van der Waals surface area contributed by atoms with E-state index in [0.29, 0.717) is 11.1 Å². The Morgan fingerprint density at radius 2 is 1.58 bits per heavy atom. The van der Waals surface area contributed by atoms with E-state index in [1.54, 1.807) is 0 Å². The van der Waals surface area contributed by atoms with Gasteiger partial charge in [0.25, 0.3) is 0 Å². The summed E-state index contributed by atoms with van der Waals surface area (Å²) in [5, 5.41) is 2.74. The first-order valence-corrected chi connectivity index (χ1v) is 17.2. The van der Waals surface area contributed by atoms with E-state index >= 15 is 0 Å². The van der Waals surface area contributed by atoms with Crippen molar-refractivity contribution in [3.63, 3.8) is 0 Å². The predicted molar refractivity (Wildman–Crippen MR) is 86.7 cm³/mol. The molecule has 0 unspecified atom stereocenters. The zero-order valence-corrected chi connectivity index (χ0v) is 18.3. The molecule has 1 rings (SSSR count). The van der Waals surface area contributed by atoms with Crippen LogP contribution < -0.4 is 0 Å². The molecule has 1 heterocycles. The Kier molecular flexibility index (Phi) is 7.90. The van der Waals surface area contributed by atoms with Gasteiger partial charge in [-0.25, -0.2) is 0 Å². The number of carbonyl (C=O) groups is 2. The van der Waals surface area contributed by atoms with E-state index in [9.17, 15) is 9.59 Å². The van der Waals surface area contributed by atoms with Crippen molar-refractivity contribution in [1.29, 1.82) is 0 Å². The summed E-state index contributed by atoms with van der Waals surface area (Å²) in [5.41, 5.74) is 1.42. The molecule has 0 bridgehead atoms. The van der Waals surface area contributed by atoms with Crippen LogP contribution in [0.1, 0.15) is 13.8 Å². The van der Waals surface area contributed by atoms with Crippen molar-refractivity contribution >= 4 is 67.1 Å². The molecule has 1 fully saturated rings. The van der Waals surface area contributed by atoms with Crippen LogP contribution in [-0.4, -0.2) is 67.1 Å². The fourth-order valence-corrected chi connectivity index (χ4v) is 42.7. The Morgan fingerprint density at radius 1 is 1.11 bits per heavy atom. The first-order chi connectivity index (χ1) is 8.86. The summed E-state index contributed by atoms with van der Waals surface area (Å²) in [4.78, 5) is 23.5. The van der Waals surface area contributed by atoms with Crippen LogP contribution in [0.3, 0.4) is 0 Å². The maximum absolute atomic E-state index is 11.8. The molecule has 0 aromatic heterocycles. The van der Waals surface area contributed by atoms with Crippen molar-refractivity contribution in [3.8, 4) is 0 Å². The molecule has 0 aromatic rings. The molecular formula is C13H20O2Se4. The van der Waals surface area contributed by atoms with Gasteiger partial charge < -0.3 is 0 Å². The molecule has 19 heavy (non-hydrogen) atoms. The Morgan fingerprint density at radius 3 is 1.89 bits per heavy atom. The van der Waals surface area contributed by atoms with Gasteiger partial charge in [0.2, 0.25) is 0 Å². The summed E-state index contributed by atoms with van der Waals surface area (Å²) in [6.45, 7) is 11.1. The molecule has 1 saturated heterocycles. The molecule has 108 valence electrons. The molecule has 0 spiro atoms. The third kappa shape index (κ3) is 6.04. The van der Waals surface area contributed by atoms with Crippen LogP contribution in [0.4, 0.5) is 0 Å². The van der Waals surface area contributed by atoms with E-state index in [4.69, 9.17) is 0 Å². The maximum atomic E-state index is 11.8. The van der Waals surface area contributed by atoms with E-state index in [-0.39, 0.29) is 39.3 Å². The monoisotopic (exact) mass is 528 g/mol. The normalized spacial score (nSPS) is 18.8. The quantitative estimate of drug-likeness (QED) is 0.360. The predicted octanol–water partition coefficient (Wildman–Crippen LogP) is 2.06. The van der Waals surface area contributed by atoms with Gasteiger partial charge in [-0.3, -0.25) is 0 Å². The molecule has 0 atom stereocenters. The molecule has 0 saturated carbocycles. The molecule has 2 nitrogen and oxygen atoms in total. The number of rotatable bonds is 8. The van der Waals surface area contributed by atoms with E-state index in [1.165, 1.54) is 14.9 Å². The summed E-state index contributed by atoms with van der Waals surface area (Å²) in [5.74, 6) is 0. The number of allylic oxidation sites excluding steroid dienone is 2. The first kappa shape index (κ1) is 17.9. The molecule has 0 aliphatic carbocycles. The minimum atomic E-state index is -1.49. The fourth-order valence-electron chi connectivity index (χ4n) is 1.35. The third-order valence-electron chi connectivity index (χ3n) is 2.57. The second-order valence-electron chi connectivity index (χ2n) is 4.61. The van der Waals surface area contributed by atoms with Crippen LogP contribution in [0.15, 0.2) is 24.3 Å². The summed E-state index contributed by atoms with van der Waals surface area (Å²) in [6.07, 6.45) is 0. The van der Waals surface area contributed by atoms with E-state index in [1.807, 2.05) is 13.8 Å². The van der Waals surface area contributed by atoms with Gasteiger partial charge in [-0.1, -0.05) is 0 Å². The summed E-state index contributed by atoms with van der Waals surface area (Å²) >= 11 is -0.549. The van der Waals surface area contributed by atoms with E-state index < -0.39 is 12.8 Å². The van der Waals surface area contributed by atoms with Gasteiger partial charge in [0, 0.05) is 0 Å². The summed E-state index contributed by atoms with van der Waals surface area (Å²) < 4.78 is 4.27. The van der Waals surface area contributed by atoms with Gasteiger partial charge in [-0.2, -0.15) is 0 Å². The van der Waals surface area contributed by atoms with Gasteiger partial charge in [0.05, 0.1) is 0 Å². The first-order valence-electron chi connectivity index (χ1n) is 5.83. The summed E-state index contributed by atoms with van der Waals surface area (Å²) in [7, 11) is 0. The zero-order valence-electron chi connectivity index (χ0n) is 11.4. The van der Waals surface area contributed by atoms with Crippen molar-refractivity contribution in [3.05, 3.63) is 24.3 Å². The topological polar surface area (TPSA) is 34.1 Å². The van der Waals surface area contributed by atoms with Crippen LogP contribution in [0.25, 0.3) is 0 Å². The van der Waals surface area contributed by atoms with E-state index in [0.717, 1.165) is 23.4 Å². The molecule has 1 aliphatic heterocycles. The second kappa shape index (κ2) is 8.37. The van der Waals surface area contributed by atoms with Gasteiger partial charge in [0.1, 0.15) is 0 Å². The van der Waals surface area contributed by atoms with Gasteiger partial charge in [-0.15, -0.1) is 0 Å². The number of carbonyl (C=O) groups excluding carboxylic acids is 2. The summed E-state index contributed by atoms with van der Waals surface area (Å²) in [6, 6.07) is 0. The van der Waals surface area contributed by atoms with Crippen molar-refractivity contribution < 1.29 is 9.59 Å². The van der Waals surface area contributed by atoms with Crippen molar-refractivity contribution in [1.82, 2.24) is 0 Å². The minimum absolute atomic E-state index is 0.0780.